The van der Waals surface area contributed by atoms with Crippen LogP contribution in [0.5, 0.6) is 17.2 Å². The van der Waals surface area contributed by atoms with Crippen LogP contribution < -0.4 is 14.8 Å². The number of hydrogen-bond acceptors (Lipinski definition) is 4. The van der Waals surface area contributed by atoms with Crippen molar-refractivity contribution in [2.24, 2.45) is 0 Å². The van der Waals surface area contributed by atoms with Crippen LogP contribution in [0, 0.1) is 5.82 Å². The lowest BCUT2D eigenvalue weighted by atomic mass is 10.3. The Kier molecular flexibility index (Phi) is 6.69. The van der Waals surface area contributed by atoms with Crippen LogP contribution in [0.4, 0.5) is 9.18 Å². The minimum atomic E-state index is -0.474. The van der Waals surface area contributed by atoms with Gasteiger partial charge < -0.3 is 19.5 Å². The van der Waals surface area contributed by atoms with Gasteiger partial charge in [0.2, 0.25) is 0 Å². The van der Waals surface area contributed by atoms with E-state index in [4.69, 9.17) is 25.8 Å². The zero-order valence-corrected chi connectivity index (χ0v) is 13.8. The summed E-state index contributed by atoms with van der Waals surface area (Å²) in [5.41, 5.74) is 0. The van der Waals surface area contributed by atoms with Gasteiger partial charge in [0.1, 0.15) is 36.3 Å². The van der Waals surface area contributed by atoms with Crippen molar-refractivity contribution in [2.45, 2.75) is 6.92 Å². The second-order valence-corrected chi connectivity index (χ2v) is 5.13. The van der Waals surface area contributed by atoms with Crippen molar-refractivity contribution in [1.29, 1.82) is 0 Å². The van der Waals surface area contributed by atoms with E-state index in [0.717, 1.165) is 0 Å². The number of carbonyl (C=O) groups excluding carboxylic acids is 1. The molecule has 0 aliphatic carbocycles. The lowest BCUT2D eigenvalue weighted by Crippen LogP contribution is -2.25. The fourth-order valence-electron chi connectivity index (χ4n) is 1.82. The molecule has 0 aromatic heterocycles. The molecule has 0 unspecified atom stereocenters. The normalized spacial score (nSPS) is 10.1. The Morgan fingerprint density at radius 3 is 2.46 bits per heavy atom. The van der Waals surface area contributed by atoms with E-state index < -0.39 is 11.9 Å². The molecule has 2 rings (SSSR count). The molecular formula is C17H17ClFNO4. The molecule has 2 aromatic carbocycles. The first-order chi connectivity index (χ1) is 11.6. The lowest BCUT2D eigenvalue weighted by molar-refractivity contribution is 0.125. The molecule has 0 aliphatic rings. The average Bonchev–Trinajstić information content (AvgIpc) is 2.52. The topological polar surface area (TPSA) is 56.8 Å². The van der Waals surface area contributed by atoms with Crippen molar-refractivity contribution in [3.8, 4) is 17.2 Å². The predicted octanol–water partition coefficient (Wildman–Crippen LogP) is 4.40. The summed E-state index contributed by atoms with van der Waals surface area (Å²) in [6.45, 7) is 2.69. The molecule has 0 saturated carbocycles. The average molecular weight is 354 g/mol. The Bertz CT molecular complexity index is 659. The second kappa shape index (κ2) is 8.98. The molecule has 0 radical (unpaired) electrons. The zero-order chi connectivity index (χ0) is 17.4. The Hall–Kier alpha value is -2.47. The molecule has 0 bridgehead atoms. The zero-order valence-electron chi connectivity index (χ0n) is 13.1. The van der Waals surface area contributed by atoms with Crippen molar-refractivity contribution in [3.63, 3.8) is 0 Å². The Morgan fingerprint density at radius 2 is 1.79 bits per heavy atom. The molecule has 0 atom stereocenters. The number of halogens is 2. The SMILES string of the molecule is CCNC(=O)OCCOc1ccc(Oc2cc(F)cc(Cl)c2)cc1. The highest BCUT2D eigenvalue weighted by Gasteiger charge is 2.03. The van der Waals surface area contributed by atoms with E-state index in [1.165, 1.54) is 18.2 Å². The van der Waals surface area contributed by atoms with Gasteiger partial charge in [0, 0.05) is 17.6 Å². The monoisotopic (exact) mass is 353 g/mol. The van der Waals surface area contributed by atoms with Gasteiger partial charge in [-0.25, -0.2) is 9.18 Å². The maximum Gasteiger partial charge on any atom is 0.407 e. The minimum absolute atomic E-state index is 0.145. The molecule has 0 heterocycles. The minimum Gasteiger partial charge on any atom is -0.490 e. The van der Waals surface area contributed by atoms with Gasteiger partial charge in [-0.05, 0) is 43.3 Å². The van der Waals surface area contributed by atoms with Crippen LogP contribution >= 0.6 is 11.6 Å². The fourth-order valence-corrected chi connectivity index (χ4v) is 2.03. The van der Waals surface area contributed by atoms with Crippen molar-refractivity contribution in [1.82, 2.24) is 5.32 Å². The lowest BCUT2D eigenvalue weighted by Gasteiger charge is -2.09. The first kappa shape index (κ1) is 17.9. The standard InChI is InChI=1S/C17H17ClFNO4/c1-2-20-17(21)23-8-7-22-14-3-5-15(6-4-14)24-16-10-12(18)9-13(19)11-16/h3-6,9-11H,2,7-8H2,1H3,(H,20,21). The second-order valence-electron chi connectivity index (χ2n) is 4.69. The van der Waals surface area contributed by atoms with E-state index >= 15 is 0 Å². The summed E-state index contributed by atoms with van der Waals surface area (Å²) in [5.74, 6) is 0.954. The first-order valence-corrected chi connectivity index (χ1v) is 7.72. The number of amides is 1. The Balaban J connectivity index is 1.81. The van der Waals surface area contributed by atoms with Crippen LogP contribution in [0.3, 0.4) is 0 Å². The third-order valence-electron chi connectivity index (χ3n) is 2.80. The van der Waals surface area contributed by atoms with E-state index in [9.17, 15) is 9.18 Å². The molecule has 1 N–H and O–H groups in total. The molecule has 0 saturated heterocycles. The highest BCUT2D eigenvalue weighted by Crippen LogP contribution is 2.27. The van der Waals surface area contributed by atoms with Crippen LogP contribution in [0.2, 0.25) is 5.02 Å². The van der Waals surface area contributed by atoms with Gasteiger partial charge in [-0.3, -0.25) is 0 Å². The molecule has 128 valence electrons. The van der Waals surface area contributed by atoms with Gasteiger partial charge in [-0.2, -0.15) is 0 Å². The number of benzene rings is 2. The van der Waals surface area contributed by atoms with Crippen LogP contribution in [-0.2, 0) is 4.74 Å². The number of hydrogen-bond donors (Lipinski definition) is 1. The van der Waals surface area contributed by atoms with Crippen molar-refractivity contribution < 1.29 is 23.4 Å². The highest BCUT2D eigenvalue weighted by molar-refractivity contribution is 6.30. The van der Waals surface area contributed by atoms with Gasteiger partial charge >= 0.3 is 6.09 Å². The van der Waals surface area contributed by atoms with Gasteiger partial charge in [-0.1, -0.05) is 11.6 Å². The number of carbonyl (C=O) groups is 1. The van der Waals surface area contributed by atoms with E-state index in [0.29, 0.717) is 23.8 Å². The van der Waals surface area contributed by atoms with Gasteiger partial charge in [0.15, 0.2) is 0 Å². The molecule has 24 heavy (non-hydrogen) atoms. The van der Waals surface area contributed by atoms with Crippen molar-refractivity contribution in [3.05, 3.63) is 53.3 Å². The maximum absolute atomic E-state index is 13.2. The van der Waals surface area contributed by atoms with E-state index in [1.54, 1.807) is 31.2 Å². The molecular weight excluding hydrogens is 337 g/mol. The Labute approximate surface area is 144 Å². The third kappa shape index (κ3) is 5.96. The summed E-state index contributed by atoms with van der Waals surface area (Å²) in [6, 6.07) is 10.7. The number of rotatable bonds is 7. The fraction of sp³-hybridized carbons (Fsp3) is 0.235. The highest BCUT2D eigenvalue weighted by atomic mass is 35.5. The molecule has 5 nitrogen and oxygen atoms in total. The molecule has 7 heteroatoms. The summed E-state index contributed by atoms with van der Waals surface area (Å²) in [6.07, 6.45) is -0.474. The molecule has 0 fully saturated rings. The molecule has 1 amide bonds. The summed E-state index contributed by atoms with van der Waals surface area (Å²) in [7, 11) is 0. The third-order valence-corrected chi connectivity index (χ3v) is 3.02. The van der Waals surface area contributed by atoms with Gasteiger partial charge in [0.05, 0.1) is 0 Å². The van der Waals surface area contributed by atoms with Crippen LogP contribution in [0.1, 0.15) is 6.92 Å². The van der Waals surface area contributed by atoms with Crippen molar-refractivity contribution in [2.75, 3.05) is 19.8 Å². The van der Waals surface area contributed by atoms with Gasteiger partial charge in [-0.15, -0.1) is 0 Å². The van der Waals surface area contributed by atoms with E-state index in [1.807, 2.05) is 0 Å². The molecule has 0 aliphatic heterocycles. The predicted molar refractivity (Wildman–Crippen MR) is 88.4 cm³/mol. The number of nitrogens with one attached hydrogen (secondary N) is 1. The summed E-state index contributed by atoms with van der Waals surface area (Å²) < 4.78 is 29.1. The quantitative estimate of drug-likeness (QED) is 0.750. The van der Waals surface area contributed by atoms with Crippen molar-refractivity contribution >= 4 is 17.7 Å². The smallest absolute Gasteiger partial charge is 0.407 e. The van der Waals surface area contributed by atoms with Gasteiger partial charge in [0.25, 0.3) is 0 Å². The summed E-state index contributed by atoms with van der Waals surface area (Å²) >= 11 is 5.77. The molecule has 0 spiro atoms. The summed E-state index contributed by atoms with van der Waals surface area (Å²) in [4.78, 5) is 11.1. The number of ether oxygens (including phenoxy) is 3. The van der Waals surface area contributed by atoms with Crippen LogP contribution in [0.15, 0.2) is 42.5 Å². The summed E-state index contributed by atoms with van der Waals surface area (Å²) in [5, 5.41) is 2.77. The van der Waals surface area contributed by atoms with Crippen LogP contribution in [0.25, 0.3) is 0 Å². The number of alkyl carbamates (subject to hydrolysis) is 1. The Morgan fingerprint density at radius 1 is 1.08 bits per heavy atom. The van der Waals surface area contributed by atoms with E-state index in [2.05, 4.69) is 5.32 Å². The van der Waals surface area contributed by atoms with Crippen LogP contribution in [-0.4, -0.2) is 25.9 Å². The largest absolute Gasteiger partial charge is 0.490 e. The molecule has 2 aromatic rings. The first-order valence-electron chi connectivity index (χ1n) is 7.34. The van der Waals surface area contributed by atoms with E-state index in [-0.39, 0.29) is 18.2 Å². The maximum atomic E-state index is 13.2.